The molecule has 1 aromatic heterocycles. The number of benzene rings is 3. The Balaban J connectivity index is 1.98. The zero-order valence-electron chi connectivity index (χ0n) is 14.7. The average Bonchev–Trinajstić information content (AvgIpc) is 3.00. The Morgan fingerprint density at radius 1 is 0.577 bits per heavy atom. The van der Waals surface area contributed by atoms with Gasteiger partial charge in [-0.2, -0.15) is 0 Å². The lowest BCUT2D eigenvalue weighted by Gasteiger charge is -2.30. The number of nitrogens with zero attached hydrogens (tertiary/aromatic N) is 1. The summed E-state index contributed by atoms with van der Waals surface area (Å²) >= 11 is 0. The first-order chi connectivity index (χ1) is 12.8. The van der Waals surface area contributed by atoms with Crippen molar-refractivity contribution in [2.45, 2.75) is 6.92 Å². The van der Waals surface area contributed by atoms with E-state index >= 15 is 0 Å². The molecule has 0 saturated heterocycles. The minimum atomic E-state index is -2.31. The van der Waals surface area contributed by atoms with E-state index in [1.165, 1.54) is 32.0 Å². The van der Waals surface area contributed by atoms with E-state index < -0.39 is 8.07 Å². The van der Waals surface area contributed by atoms with Crippen LogP contribution < -0.4 is 20.7 Å². The van der Waals surface area contributed by atoms with Crippen LogP contribution in [0.5, 0.6) is 0 Å². The van der Waals surface area contributed by atoms with Crippen molar-refractivity contribution < 1.29 is 0 Å². The van der Waals surface area contributed by atoms with Crippen LogP contribution in [0.25, 0.3) is 11.3 Å². The van der Waals surface area contributed by atoms with Gasteiger partial charge in [-0.25, -0.2) is 0 Å². The minimum absolute atomic E-state index is 1.07. The van der Waals surface area contributed by atoms with E-state index in [0.717, 1.165) is 5.69 Å². The van der Waals surface area contributed by atoms with E-state index in [2.05, 4.69) is 104 Å². The van der Waals surface area contributed by atoms with Crippen LogP contribution in [-0.2, 0) is 0 Å². The van der Waals surface area contributed by atoms with Crippen LogP contribution in [-0.4, -0.2) is 13.1 Å². The van der Waals surface area contributed by atoms with Crippen molar-refractivity contribution in [1.82, 2.24) is 4.98 Å². The van der Waals surface area contributed by atoms with Gasteiger partial charge in [-0.1, -0.05) is 91.0 Å². The highest BCUT2D eigenvalue weighted by Crippen LogP contribution is 2.26. The van der Waals surface area contributed by atoms with Crippen LogP contribution in [0.4, 0.5) is 0 Å². The first-order valence-electron chi connectivity index (χ1n) is 9.01. The molecule has 0 aliphatic carbocycles. The van der Waals surface area contributed by atoms with Gasteiger partial charge in [-0.3, -0.25) is 4.98 Å². The molecule has 3 aromatic carbocycles. The standard InChI is InChI=1S/C24H19NSi/c1-18-16-17-23-24(25-18)21-14-8-9-15-22(21)26(23,19-10-4-2-5-11-19)20-12-6-3-7-13-20/h2-17H,1H3. The number of pyridine rings is 1. The molecule has 0 atom stereocenters. The summed E-state index contributed by atoms with van der Waals surface area (Å²) in [6, 6.07) is 35.4. The molecule has 0 amide bonds. The Morgan fingerprint density at radius 2 is 1.15 bits per heavy atom. The van der Waals surface area contributed by atoms with E-state index in [1.807, 2.05) is 0 Å². The highest BCUT2D eigenvalue weighted by molar-refractivity contribution is 7.22. The van der Waals surface area contributed by atoms with Crippen LogP contribution in [0.1, 0.15) is 5.69 Å². The molecule has 0 spiro atoms. The molecular weight excluding hydrogens is 330 g/mol. The van der Waals surface area contributed by atoms with E-state index in [-0.39, 0.29) is 0 Å². The summed E-state index contributed by atoms with van der Waals surface area (Å²) < 4.78 is 0. The summed E-state index contributed by atoms with van der Waals surface area (Å²) in [5.41, 5.74) is 3.54. The van der Waals surface area contributed by atoms with Gasteiger partial charge in [0.1, 0.15) is 0 Å². The van der Waals surface area contributed by atoms with Crippen molar-refractivity contribution in [3.63, 3.8) is 0 Å². The van der Waals surface area contributed by atoms with Crippen LogP contribution >= 0.6 is 0 Å². The topological polar surface area (TPSA) is 12.9 Å². The smallest absolute Gasteiger partial charge is 0.182 e. The first-order valence-corrected chi connectivity index (χ1v) is 11.0. The monoisotopic (exact) mass is 349 g/mol. The van der Waals surface area contributed by atoms with Gasteiger partial charge >= 0.3 is 0 Å². The fraction of sp³-hybridized carbons (Fsp3) is 0.0417. The number of aryl methyl sites for hydroxylation is 1. The van der Waals surface area contributed by atoms with Gasteiger partial charge in [-0.15, -0.1) is 0 Å². The zero-order valence-corrected chi connectivity index (χ0v) is 15.7. The Morgan fingerprint density at radius 3 is 1.81 bits per heavy atom. The second-order valence-corrected chi connectivity index (χ2v) is 10.6. The van der Waals surface area contributed by atoms with Crippen LogP contribution in [0.2, 0.25) is 0 Å². The van der Waals surface area contributed by atoms with Gasteiger partial charge < -0.3 is 0 Å². The molecule has 2 heterocycles. The fourth-order valence-electron chi connectivity index (χ4n) is 4.39. The third-order valence-electron chi connectivity index (χ3n) is 5.44. The minimum Gasteiger partial charge on any atom is -0.253 e. The highest BCUT2D eigenvalue weighted by Gasteiger charge is 2.49. The number of aromatic nitrogens is 1. The van der Waals surface area contributed by atoms with Crippen molar-refractivity contribution in [3.05, 3.63) is 103 Å². The molecule has 2 heteroatoms. The maximum atomic E-state index is 4.98. The molecule has 0 N–H and O–H groups in total. The maximum Gasteiger partial charge on any atom is 0.182 e. The highest BCUT2D eigenvalue weighted by atomic mass is 28.3. The van der Waals surface area contributed by atoms with E-state index in [4.69, 9.17) is 4.98 Å². The summed E-state index contributed by atoms with van der Waals surface area (Å²) in [5.74, 6) is 0. The van der Waals surface area contributed by atoms with Crippen molar-refractivity contribution >= 4 is 28.8 Å². The number of hydrogen-bond donors (Lipinski definition) is 0. The van der Waals surface area contributed by atoms with Crippen LogP contribution in [0.3, 0.4) is 0 Å². The second-order valence-electron chi connectivity index (χ2n) is 6.88. The molecule has 0 saturated carbocycles. The van der Waals surface area contributed by atoms with E-state index in [9.17, 15) is 0 Å². The zero-order chi connectivity index (χ0) is 17.6. The normalized spacial score (nSPS) is 13.9. The summed E-state index contributed by atoms with van der Waals surface area (Å²) in [5, 5.41) is 5.69. The third-order valence-corrected chi connectivity index (χ3v) is 10.3. The average molecular weight is 350 g/mol. The molecule has 0 bridgehead atoms. The third kappa shape index (κ3) is 1.99. The second kappa shape index (κ2) is 5.79. The largest absolute Gasteiger partial charge is 0.253 e. The lowest BCUT2D eigenvalue weighted by Crippen LogP contribution is -2.72. The first kappa shape index (κ1) is 15.3. The van der Waals surface area contributed by atoms with E-state index in [0.29, 0.717) is 0 Å². The van der Waals surface area contributed by atoms with Crippen molar-refractivity contribution in [2.24, 2.45) is 0 Å². The van der Waals surface area contributed by atoms with Crippen molar-refractivity contribution in [3.8, 4) is 11.3 Å². The predicted octanol–water partition coefficient (Wildman–Crippen LogP) is 2.75. The molecular formula is C24H19NSi. The van der Waals surface area contributed by atoms with Gasteiger partial charge in [0, 0.05) is 11.3 Å². The molecule has 1 nitrogen and oxygen atoms in total. The van der Waals surface area contributed by atoms with Crippen LogP contribution in [0.15, 0.2) is 97.1 Å². The quantitative estimate of drug-likeness (QED) is 0.447. The Hall–Kier alpha value is -2.97. The fourth-order valence-corrected chi connectivity index (χ4v) is 9.47. The lowest BCUT2D eigenvalue weighted by atomic mass is 10.1. The predicted molar refractivity (Wildman–Crippen MR) is 112 cm³/mol. The van der Waals surface area contributed by atoms with Crippen molar-refractivity contribution in [1.29, 1.82) is 0 Å². The molecule has 0 radical (unpaired) electrons. The summed E-state index contributed by atoms with van der Waals surface area (Å²) in [4.78, 5) is 4.98. The molecule has 4 aromatic rings. The van der Waals surface area contributed by atoms with Crippen molar-refractivity contribution in [2.75, 3.05) is 0 Å². The van der Waals surface area contributed by atoms with Gasteiger partial charge in [0.2, 0.25) is 0 Å². The summed E-state index contributed by atoms with van der Waals surface area (Å²) in [6.07, 6.45) is 0. The van der Waals surface area contributed by atoms with Gasteiger partial charge in [0.25, 0.3) is 0 Å². The molecule has 5 rings (SSSR count). The van der Waals surface area contributed by atoms with Gasteiger partial charge in [0.15, 0.2) is 8.07 Å². The maximum absolute atomic E-state index is 4.98. The van der Waals surface area contributed by atoms with Crippen LogP contribution in [0, 0.1) is 6.92 Å². The SMILES string of the molecule is Cc1ccc2c(n1)-c1ccccc1[Si]2(c1ccccc1)c1ccccc1. The molecule has 0 fully saturated rings. The Bertz CT molecular complexity index is 1050. The van der Waals surface area contributed by atoms with Gasteiger partial charge in [0.05, 0.1) is 5.69 Å². The Labute approximate surface area is 155 Å². The molecule has 26 heavy (non-hydrogen) atoms. The Kier molecular flexibility index (Phi) is 3.40. The van der Waals surface area contributed by atoms with E-state index in [1.54, 1.807) is 0 Å². The lowest BCUT2D eigenvalue weighted by molar-refractivity contribution is 1.22. The number of hydrogen-bond acceptors (Lipinski definition) is 1. The molecule has 1 aliphatic rings. The molecule has 1 aliphatic heterocycles. The molecule has 124 valence electrons. The number of fused-ring (bicyclic) bond motifs is 3. The molecule has 0 unspecified atom stereocenters. The summed E-state index contributed by atoms with van der Waals surface area (Å²) in [7, 11) is -2.31. The number of rotatable bonds is 2. The summed E-state index contributed by atoms with van der Waals surface area (Å²) in [6.45, 7) is 2.08. The van der Waals surface area contributed by atoms with Gasteiger partial charge in [-0.05, 0) is 33.7 Å².